The number of amides is 1. The van der Waals surface area contributed by atoms with Crippen LogP contribution >= 0.6 is 23.1 Å². The number of carbonyl (C=O) groups excluding carboxylic acids is 2. The molecule has 0 unspecified atom stereocenters. The molecule has 1 N–H and O–H groups in total. The zero-order valence-electron chi connectivity index (χ0n) is 17.7. The number of aromatic nitrogens is 2. The summed E-state index contributed by atoms with van der Waals surface area (Å²) in [6, 6.07) is 4.24. The normalized spacial score (nSPS) is 15.1. The van der Waals surface area contributed by atoms with E-state index in [1.165, 1.54) is 36.7 Å². The minimum absolute atomic E-state index is 0.0388. The molecule has 13 heteroatoms. The summed E-state index contributed by atoms with van der Waals surface area (Å²) in [5, 5.41) is 10.6. The van der Waals surface area contributed by atoms with Gasteiger partial charge in [-0.05, 0) is 31.0 Å². The first-order valence-electron chi connectivity index (χ1n) is 9.88. The molecule has 1 aliphatic rings. The molecule has 1 aromatic carbocycles. The third kappa shape index (κ3) is 5.97. The standard InChI is InChI=1S/C19H24N4O6S3/c1-28-15-8-7-13(32(26,27)23-9-5-3-4-6-10-23)11-14(15)17(25)20-18-21-22-19(31-18)30-12-16(24)29-2/h7-8,11H,3-6,9-10,12H2,1-2H3,(H,20,21,25). The van der Waals surface area contributed by atoms with Crippen LogP contribution in [-0.2, 0) is 19.6 Å². The molecule has 1 aliphatic heterocycles. The number of benzene rings is 1. The average Bonchev–Trinajstić information content (AvgIpc) is 3.05. The van der Waals surface area contributed by atoms with Crippen molar-refractivity contribution in [3.05, 3.63) is 23.8 Å². The number of methoxy groups -OCH3 is 2. The van der Waals surface area contributed by atoms with E-state index < -0.39 is 21.9 Å². The number of rotatable bonds is 8. The molecular weight excluding hydrogens is 476 g/mol. The van der Waals surface area contributed by atoms with Gasteiger partial charge in [-0.15, -0.1) is 10.2 Å². The Kier molecular flexibility index (Phi) is 8.45. The maximum Gasteiger partial charge on any atom is 0.316 e. The Bertz CT molecular complexity index is 1060. The fourth-order valence-corrected chi connectivity index (χ4v) is 6.24. The van der Waals surface area contributed by atoms with Crippen molar-refractivity contribution in [1.29, 1.82) is 0 Å². The maximum absolute atomic E-state index is 13.1. The zero-order chi connectivity index (χ0) is 23.1. The Morgan fingerprint density at radius 2 is 1.88 bits per heavy atom. The van der Waals surface area contributed by atoms with Gasteiger partial charge in [-0.1, -0.05) is 35.9 Å². The summed E-state index contributed by atoms with van der Waals surface area (Å²) >= 11 is 2.23. The van der Waals surface area contributed by atoms with Crippen LogP contribution in [0.4, 0.5) is 5.13 Å². The third-order valence-corrected chi connectivity index (χ3v) is 8.63. The third-order valence-electron chi connectivity index (χ3n) is 4.79. The number of carbonyl (C=O) groups is 2. The van der Waals surface area contributed by atoms with Crippen molar-refractivity contribution in [2.45, 2.75) is 34.9 Å². The van der Waals surface area contributed by atoms with Gasteiger partial charge >= 0.3 is 5.97 Å². The first-order chi connectivity index (χ1) is 15.3. The van der Waals surface area contributed by atoms with E-state index in [0.29, 0.717) is 17.4 Å². The fourth-order valence-electron chi connectivity index (χ4n) is 3.12. The van der Waals surface area contributed by atoms with Gasteiger partial charge < -0.3 is 9.47 Å². The molecule has 1 amide bonds. The molecule has 0 atom stereocenters. The van der Waals surface area contributed by atoms with Crippen molar-refractivity contribution >= 4 is 50.1 Å². The largest absolute Gasteiger partial charge is 0.496 e. The molecule has 1 saturated heterocycles. The molecule has 1 fully saturated rings. The molecule has 10 nitrogen and oxygen atoms in total. The van der Waals surface area contributed by atoms with Crippen molar-refractivity contribution in [3.8, 4) is 5.75 Å². The topological polar surface area (TPSA) is 128 Å². The average molecular weight is 501 g/mol. The Hall–Kier alpha value is -2.22. The molecule has 0 spiro atoms. The van der Waals surface area contributed by atoms with Crippen LogP contribution in [-0.4, -0.2) is 67.9 Å². The van der Waals surface area contributed by atoms with Crippen molar-refractivity contribution in [2.24, 2.45) is 0 Å². The van der Waals surface area contributed by atoms with E-state index in [1.807, 2.05) is 0 Å². The molecule has 0 saturated carbocycles. The summed E-state index contributed by atoms with van der Waals surface area (Å²) in [5.74, 6) is -0.663. The Morgan fingerprint density at radius 3 is 2.53 bits per heavy atom. The lowest BCUT2D eigenvalue weighted by Crippen LogP contribution is -2.32. The van der Waals surface area contributed by atoms with Crippen LogP contribution in [0.15, 0.2) is 27.4 Å². The number of nitrogens with one attached hydrogen (secondary N) is 1. The Labute approximate surface area is 194 Å². The monoisotopic (exact) mass is 500 g/mol. The smallest absolute Gasteiger partial charge is 0.316 e. The second-order valence-electron chi connectivity index (χ2n) is 6.87. The van der Waals surface area contributed by atoms with Crippen LogP contribution in [0, 0.1) is 0 Å². The number of hydrogen-bond acceptors (Lipinski definition) is 10. The maximum atomic E-state index is 13.1. The van der Waals surface area contributed by atoms with Gasteiger partial charge in [-0.2, -0.15) is 4.31 Å². The molecule has 0 bridgehead atoms. The van der Waals surface area contributed by atoms with Crippen LogP contribution in [0.1, 0.15) is 36.0 Å². The quantitative estimate of drug-likeness (QED) is 0.330. The van der Waals surface area contributed by atoms with Gasteiger partial charge in [-0.25, -0.2) is 8.42 Å². The molecule has 1 aromatic heterocycles. The van der Waals surface area contributed by atoms with Crippen LogP contribution in [0.3, 0.4) is 0 Å². The number of nitrogens with zero attached hydrogens (tertiary/aromatic N) is 3. The predicted octanol–water partition coefficient (Wildman–Crippen LogP) is 2.63. The molecule has 2 heterocycles. The number of ether oxygens (including phenoxy) is 2. The summed E-state index contributed by atoms with van der Waals surface area (Å²) in [6.07, 6.45) is 3.64. The predicted molar refractivity (Wildman–Crippen MR) is 121 cm³/mol. The highest BCUT2D eigenvalue weighted by molar-refractivity contribution is 8.01. The number of hydrogen-bond donors (Lipinski definition) is 1. The van der Waals surface area contributed by atoms with Crippen LogP contribution < -0.4 is 10.1 Å². The molecule has 3 rings (SSSR count). The lowest BCUT2D eigenvalue weighted by atomic mass is 10.2. The number of sulfonamides is 1. The molecule has 32 heavy (non-hydrogen) atoms. The molecule has 0 aliphatic carbocycles. The van der Waals surface area contributed by atoms with Crippen LogP contribution in [0.5, 0.6) is 5.75 Å². The number of thioether (sulfide) groups is 1. The highest BCUT2D eigenvalue weighted by atomic mass is 32.2. The lowest BCUT2D eigenvalue weighted by Gasteiger charge is -2.20. The Morgan fingerprint density at radius 1 is 1.16 bits per heavy atom. The lowest BCUT2D eigenvalue weighted by molar-refractivity contribution is -0.137. The van der Waals surface area contributed by atoms with Crippen molar-refractivity contribution in [3.63, 3.8) is 0 Å². The van der Waals surface area contributed by atoms with E-state index >= 15 is 0 Å². The van der Waals surface area contributed by atoms with E-state index in [0.717, 1.165) is 48.8 Å². The first-order valence-corrected chi connectivity index (χ1v) is 13.1. The fraction of sp³-hybridized carbons (Fsp3) is 0.474. The van der Waals surface area contributed by atoms with Gasteiger partial charge in [0.15, 0.2) is 4.34 Å². The second kappa shape index (κ2) is 11.1. The van der Waals surface area contributed by atoms with Crippen molar-refractivity contribution in [1.82, 2.24) is 14.5 Å². The van der Waals surface area contributed by atoms with E-state index in [1.54, 1.807) is 0 Å². The summed E-state index contributed by atoms with van der Waals surface area (Å²) in [6.45, 7) is 0.930. The first kappa shape index (κ1) is 24.4. The van der Waals surface area contributed by atoms with Gasteiger partial charge in [0.05, 0.1) is 30.4 Å². The highest BCUT2D eigenvalue weighted by Crippen LogP contribution is 2.29. The van der Waals surface area contributed by atoms with Crippen molar-refractivity contribution in [2.75, 3.05) is 38.4 Å². The zero-order valence-corrected chi connectivity index (χ0v) is 20.1. The SMILES string of the molecule is COC(=O)CSc1nnc(NC(=O)c2cc(S(=O)(=O)N3CCCCCC3)ccc2OC)s1. The molecule has 2 aromatic rings. The minimum Gasteiger partial charge on any atom is -0.496 e. The van der Waals surface area contributed by atoms with E-state index in [-0.39, 0.29) is 27.1 Å². The number of anilines is 1. The van der Waals surface area contributed by atoms with Gasteiger partial charge in [0.1, 0.15) is 5.75 Å². The van der Waals surface area contributed by atoms with E-state index in [2.05, 4.69) is 20.3 Å². The van der Waals surface area contributed by atoms with E-state index in [9.17, 15) is 18.0 Å². The molecule has 0 radical (unpaired) electrons. The molecular formula is C19H24N4O6S3. The molecule has 174 valence electrons. The van der Waals surface area contributed by atoms with Gasteiger partial charge in [0, 0.05) is 13.1 Å². The highest BCUT2D eigenvalue weighted by Gasteiger charge is 2.27. The summed E-state index contributed by atoms with van der Waals surface area (Å²) in [5.41, 5.74) is 0.0716. The number of esters is 1. The second-order valence-corrected chi connectivity index (χ2v) is 11.0. The van der Waals surface area contributed by atoms with Gasteiger partial charge in [-0.3, -0.25) is 14.9 Å². The van der Waals surface area contributed by atoms with Crippen LogP contribution in [0.2, 0.25) is 0 Å². The van der Waals surface area contributed by atoms with E-state index in [4.69, 9.17) is 4.74 Å². The van der Waals surface area contributed by atoms with Crippen molar-refractivity contribution < 1.29 is 27.5 Å². The van der Waals surface area contributed by atoms with Crippen LogP contribution in [0.25, 0.3) is 0 Å². The summed E-state index contributed by atoms with van der Waals surface area (Å²) in [7, 11) is -1.03. The summed E-state index contributed by atoms with van der Waals surface area (Å²) in [4.78, 5) is 24.2. The summed E-state index contributed by atoms with van der Waals surface area (Å²) < 4.78 is 38.0. The van der Waals surface area contributed by atoms with Gasteiger partial charge in [0.25, 0.3) is 5.91 Å². The minimum atomic E-state index is -3.73. The Balaban J connectivity index is 1.78. The van der Waals surface area contributed by atoms with Gasteiger partial charge in [0.2, 0.25) is 15.2 Å².